The molecule has 0 saturated heterocycles. The molecule has 0 radical (unpaired) electrons. The lowest BCUT2D eigenvalue weighted by atomic mass is 10.3. The summed E-state index contributed by atoms with van der Waals surface area (Å²) >= 11 is 3.62. The van der Waals surface area contributed by atoms with Gasteiger partial charge in [0.1, 0.15) is 0 Å². The highest BCUT2D eigenvalue weighted by molar-refractivity contribution is 9.10. The van der Waals surface area contributed by atoms with E-state index >= 15 is 0 Å². The Bertz CT molecular complexity index is 355. The average molecular weight is 272 g/mol. The second-order valence-electron chi connectivity index (χ2n) is 4.26. The maximum atomic E-state index is 4.42. The molecule has 0 N–H and O–H groups in total. The maximum Gasteiger partial charge on any atom is 0.0739 e. The zero-order chi connectivity index (χ0) is 11.0. The van der Waals surface area contributed by atoms with Gasteiger partial charge in [-0.25, -0.2) is 0 Å². The van der Waals surface area contributed by atoms with Crippen molar-refractivity contribution >= 4 is 15.9 Å². The average Bonchev–Trinajstić information content (AvgIpc) is 2.98. The lowest BCUT2D eigenvalue weighted by Crippen LogP contribution is -2.26. The van der Waals surface area contributed by atoms with Crippen molar-refractivity contribution in [2.45, 2.75) is 39.3 Å². The molecule has 1 aliphatic rings. The summed E-state index contributed by atoms with van der Waals surface area (Å²) in [5, 5.41) is 4.42. The molecule has 2 rings (SSSR count). The van der Waals surface area contributed by atoms with Crippen LogP contribution in [0.2, 0.25) is 0 Å². The molecule has 1 aromatic heterocycles. The lowest BCUT2D eigenvalue weighted by Gasteiger charge is -2.19. The molecule has 0 unspecified atom stereocenters. The second-order valence-corrected chi connectivity index (χ2v) is 5.06. The van der Waals surface area contributed by atoms with Crippen molar-refractivity contribution in [1.29, 1.82) is 0 Å². The molecule has 1 aliphatic carbocycles. The van der Waals surface area contributed by atoms with Gasteiger partial charge in [0.15, 0.2) is 0 Å². The number of rotatable bonds is 4. The second kappa shape index (κ2) is 4.26. The van der Waals surface area contributed by atoms with Crippen LogP contribution < -0.4 is 0 Å². The Hall–Kier alpha value is -0.350. The van der Waals surface area contributed by atoms with Gasteiger partial charge >= 0.3 is 0 Å². The van der Waals surface area contributed by atoms with Crippen molar-refractivity contribution < 1.29 is 0 Å². The van der Waals surface area contributed by atoms with E-state index in [4.69, 9.17) is 0 Å². The first-order valence-electron chi connectivity index (χ1n) is 5.55. The Balaban J connectivity index is 2.14. The van der Waals surface area contributed by atoms with Gasteiger partial charge in [-0.05, 0) is 42.2 Å². The molecular formula is C11H18BrN3. The molecule has 0 bridgehead atoms. The van der Waals surface area contributed by atoms with E-state index in [9.17, 15) is 0 Å². The van der Waals surface area contributed by atoms with Gasteiger partial charge in [-0.3, -0.25) is 9.58 Å². The minimum atomic E-state index is 0.817. The quantitative estimate of drug-likeness (QED) is 0.839. The van der Waals surface area contributed by atoms with Crippen LogP contribution in [-0.4, -0.2) is 27.3 Å². The summed E-state index contributed by atoms with van der Waals surface area (Å²) in [5.41, 5.74) is 2.38. The molecule has 0 atom stereocenters. The highest BCUT2D eigenvalue weighted by atomic mass is 79.9. The first-order valence-corrected chi connectivity index (χ1v) is 6.34. The van der Waals surface area contributed by atoms with E-state index < -0.39 is 0 Å². The number of nitrogens with zero attached hydrogens (tertiary/aromatic N) is 3. The lowest BCUT2D eigenvalue weighted by molar-refractivity contribution is 0.261. The van der Waals surface area contributed by atoms with Gasteiger partial charge in [-0.15, -0.1) is 0 Å². The molecular weight excluding hydrogens is 254 g/mol. The molecule has 4 heteroatoms. The first kappa shape index (κ1) is 11.1. The third kappa shape index (κ3) is 2.26. The van der Waals surface area contributed by atoms with E-state index in [2.05, 4.69) is 32.9 Å². The van der Waals surface area contributed by atoms with Crippen molar-refractivity contribution in [3.63, 3.8) is 0 Å². The highest BCUT2D eigenvalue weighted by Crippen LogP contribution is 2.30. The fourth-order valence-electron chi connectivity index (χ4n) is 1.98. The minimum absolute atomic E-state index is 0.817. The van der Waals surface area contributed by atoms with Crippen molar-refractivity contribution in [2.75, 3.05) is 6.54 Å². The Kier molecular flexibility index (Phi) is 3.16. The van der Waals surface area contributed by atoms with E-state index in [1.807, 2.05) is 18.7 Å². The predicted molar refractivity (Wildman–Crippen MR) is 64.8 cm³/mol. The van der Waals surface area contributed by atoms with Crippen LogP contribution in [0.15, 0.2) is 4.47 Å². The SMILES string of the molecule is CCN(Cc1c(Br)c(C)nn1C)C1CC1. The molecule has 15 heavy (non-hydrogen) atoms. The largest absolute Gasteiger partial charge is 0.295 e. The maximum absolute atomic E-state index is 4.42. The summed E-state index contributed by atoms with van der Waals surface area (Å²) in [6, 6.07) is 0.817. The fourth-order valence-corrected chi connectivity index (χ4v) is 2.44. The Morgan fingerprint density at radius 3 is 2.60 bits per heavy atom. The van der Waals surface area contributed by atoms with Crippen molar-refractivity contribution in [3.8, 4) is 0 Å². The normalized spacial score (nSPS) is 16.3. The van der Waals surface area contributed by atoms with Crippen molar-refractivity contribution in [2.24, 2.45) is 7.05 Å². The van der Waals surface area contributed by atoms with Crippen LogP contribution in [0.4, 0.5) is 0 Å². The van der Waals surface area contributed by atoms with E-state index in [1.165, 1.54) is 23.0 Å². The molecule has 1 heterocycles. The Morgan fingerprint density at radius 1 is 1.53 bits per heavy atom. The molecule has 84 valence electrons. The van der Waals surface area contributed by atoms with Crippen LogP contribution in [0.25, 0.3) is 0 Å². The summed E-state index contributed by atoms with van der Waals surface area (Å²) in [4.78, 5) is 2.53. The van der Waals surface area contributed by atoms with Gasteiger partial charge < -0.3 is 0 Å². The number of halogens is 1. The smallest absolute Gasteiger partial charge is 0.0739 e. The van der Waals surface area contributed by atoms with Crippen LogP contribution >= 0.6 is 15.9 Å². The van der Waals surface area contributed by atoms with Crippen LogP contribution in [0.5, 0.6) is 0 Å². The molecule has 3 nitrogen and oxygen atoms in total. The first-order chi connectivity index (χ1) is 7.13. The Labute approximate surface area is 99.6 Å². The van der Waals surface area contributed by atoms with E-state index in [-0.39, 0.29) is 0 Å². The van der Waals surface area contributed by atoms with Crippen LogP contribution in [0.1, 0.15) is 31.2 Å². The van der Waals surface area contributed by atoms with Gasteiger partial charge in [0.25, 0.3) is 0 Å². The van der Waals surface area contributed by atoms with E-state index in [0.29, 0.717) is 0 Å². The zero-order valence-electron chi connectivity index (χ0n) is 9.63. The number of aromatic nitrogens is 2. The molecule has 1 aromatic rings. The standard InChI is InChI=1S/C11H18BrN3/c1-4-15(9-5-6-9)7-10-11(12)8(2)13-14(10)3/h9H,4-7H2,1-3H3. The highest BCUT2D eigenvalue weighted by Gasteiger charge is 2.29. The molecule has 1 saturated carbocycles. The van der Waals surface area contributed by atoms with Crippen LogP contribution in [0.3, 0.4) is 0 Å². The van der Waals surface area contributed by atoms with Gasteiger partial charge in [0, 0.05) is 19.6 Å². The topological polar surface area (TPSA) is 21.1 Å². The third-order valence-electron chi connectivity index (χ3n) is 3.08. The summed E-state index contributed by atoms with van der Waals surface area (Å²) < 4.78 is 3.16. The molecule has 1 fully saturated rings. The molecule has 0 aromatic carbocycles. The molecule has 0 spiro atoms. The fraction of sp³-hybridized carbons (Fsp3) is 0.727. The van der Waals surface area contributed by atoms with Crippen molar-refractivity contribution in [1.82, 2.24) is 14.7 Å². The summed E-state index contributed by atoms with van der Waals surface area (Å²) in [7, 11) is 2.02. The van der Waals surface area contributed by atoms with Crippen LogP contribution in [0, 0.1) is 6.92 Å². The number of hydrogen-bond acceptors (Lipinski definition) is 2. The molecule has 0 aliphatic heterocycles. The summed E-state index contributed by atoms with van der Waals surface area (Å²) in [6.07, 6.45) is 2.73. The predicted octanol–water partition coefficient (Wildman–Crippen LogP) is 2.48. The van der Waals surface area contributed by atoms with Crippen LogP contribution in [-0.2, 0) is 13.6 Å². The summed E-state index contributed by atoms with van der Waals surface area (Å²) in [5.74, 6) is 0. The molecule has 0 amide bonds. The van der Waals surface area contributed by atoms with Gasteiger partial charge in [-0.1, -0.05) is 6.92 Å². The monoisotopic (exact) mass is 271 g/mol. The zero-order valence-corrected chi connectivity index (χ0v) is 11.2. The number of aryl methyl sites for hydroxylation is 2. The summed E-state index contributed by atoms with van der Waals surface area (Å²) in [6.45, 7) is 6.41. The van der Waals surface area contributed by atoms with E-state index in [0.717, 1.165) is 24.8 Å². The minimum Gasteiger partial charge on any atom is -0.295 e. The van der Waals surface area contributed by atoms with E-state index in [1.54, 1.807) is 0 Å². The number of hydrogen-bond donors (Lipinski definition) is 0. The van der Waals surface area contributed by atoms with Gasteiger partial charge in [0.2, 0.25) is 0 Å². The van der Waals surface area contributed by atoms with Crippen molar-refractivity contribution in [3.05, 3.63) is 15.9 Å². The van der Waals surface area contributed by atoms with Gasteiger partial charge in [-0.2, -0.15) is 5.10 Å². The Morgan fingerprint density at radius 2 is 2.20 bits per heavy atom. The third-order valence-corrected chi connectivity index (χ3v) is 4.12. The van der Waals surface area contributed by atoms with Gasteiger partial charge in [0.05, 0.1) is 15.9 Å².